The number of nitrogens with one attached hydrogen (secondary N) is 1. The van der Waals surface area contributed by atoms with Crippen molar-refractivity contribution in [1.82, 2.24) is 4.57 Å². The molecule has 0 spiro atoms. The molecule has 2 aromatic carbocycles. The molecular formula is C27H19Cl2N3O5S3. The third-order valence-electron chi connectivity index (χ3n) is 6.73. The average Bonchev–Trinajstić information content (AvgIpc) is 3.64. The van der Waals surface area contributed by atoms with Crippen LogP contribution in [0.25, 0.3) is 0 Å². The third kappa shape index (κ3) is 4.65. The molecule has 6 rings (SSSR count). The molecule has 1 saturated heterocycles. The minimum Gasteiger partial charge on any atom is -0.497 e. The molecular weight excluding hydrogens is 613 g/mol. The minimum absolute atomic E-state index is 0.267. The second-order valence-corrected chi connectivity index (χ2v) is 13.0. The number of imide groups is 1. The monoisotopic (exact) mass is 631 g/mol. The van der Waals surface area contributed by atoms with Gasteiger partial charge in [-0.2, -0.15) is 0 Å². The number of hydrogen-bond acceptors (Lipinski definition) is 8. The Morgan fingerprint density at radius 3 is 2.48 bits per heavy atom. The summed E-state index contributed by atoms with van der Waals surface area (Å²) in [7, 11) is 1.54. The molecule has 1 fully saturated rings. The largest absolute Gasteiger partial charge is 0.497 e. The maximum absolute atomic E-state index is 13.8. The summed E-state index contributed by atoms with van der Waals surface area (Å²) in [4.78, 5) is 56.2. The van der Waals surface area contributed by atoms with E-state index >= 15 is 0 Å². The van der Waals surface area contributed by atoms with Crippen molar-refractivity contribution < 1.29 is 19.1 Å². The zero-order valence-electron chi connectivity index (χ0n) is 20.6. The van der Waals surface area contributed by atoms with Crippen LogP contribution in [0, 0.1) is 5.92 Å². The summed E-state index contributed by atoms with van der Waals surface area (Å²) in [5.74, 6) is -1.69. The third-order valence-corrected chi connectivity index (χ3v) is 11.0. The first-order valence-electron chi connectivity index (χ1n) is 12.0. The molecule has 1 N–H and O–H groups in total. The van der Waals surface area contributed by atoms with Gasteiger partial charge in [-0.25, -0.2) is 4.90 Å². The zero-order chi connectivity index (χ0) is 28.1. The van der Waals surface area contributed by atoms with E-state index in [2.05, 4.69) is 5.32 Å². The summed E-state index contributed by atoms with van der Waals surface area (Å²) in [6.07, 6.45) is 0. The van der Waals surface area contributed by atoms with E-state index in [0.717, 1.165) is 16.2 Å². The fourth-order valence-electron chi connectivity index (χ4n) is 4.93. The summed E-state index contributed by atoms with van der Waals surface area (Å²) >= 11 is 15.7. The lowest BCUT2D eigenvalue weighted by Crippen LogP contribution is -2.32. The summed E-state index contributed by atoms with van der Waals surface area (Å²) in [5, 5.41) is 5.05. The molecule has 0 saturated carbocycles. The van der Waals surface area contributed by atoms with Crippen LogP contribution in [0.4, 0.5) is 11.4 Å². The molecule has 0 aliphatic carbocycles. The number of benzene rings is 2. The van der Waals surface area contributed by atoms with Crippen molar-refractivity contribution in [3.8, 4) is 5.75 Å². The Labute approximate surface area is 250 Å². The second kappa shape index (κ2) is 10.7. The maximum Gasteiger partial charge on any atom is 0.308 e. The van der Waals surface area contributed by atoms with Crippen molar-refractivity contribution in [2.45, 2.75) is 22.7 Å². The van der Waals surface area contributed by atoms with E-state index in [1.807, 2.05) is 17.5 Å². The summed E-state index contributed by atoms with van der Waals surface area (Å²) < 4.78 is 6.59. The molecule has 4 heterocycles. The zero-order valence-corrected chi connectivity index (χ0v) is 24.6. The number of halogens is 2. The number of thioether (sulfide) groups is 1. The van der Waals surface area contributed by atoms with Crippen molar-refractivity contribution in [2.24, 2.45) is 5.92 Å². The van der Waals surface area contributed by atoms with E-state index in [4.69, 9.17) is 27.9 Å². The lowest BCUT2D eigenvalue weighted by atomic mass is 9.87. The average molecular weight is 633 g/mol. The van der Waals surface area contributed by atoms with E-state index in [-0.39, 0.29) is 28.3 Å². The number of carbonyl (C=O) groups excluding carboxylic acids is 3. The van der Waals surface area contributed by atoms with Gasteiger partial charge in [0.15, 0.2) is 0 Å². The number of ether oxygens (including phenoxy) is 1. The second-order valence-electron chi connectivity index (χ2n) is 9.07. The Morgan fingerprint density at radius 2 is 1.80 bits per heavy atom. The number of methoxy groups -OCH3 is 1. The number of fused-ring (bicyclic) bond motifs is 2. The lowest BCUT2D eigenvalue weighted by Gasteiger charge is -2.29. The first-order valence-corrected chi connectivity index (χ1v) is 15.3. The molecule has 8 nitrogen and oxygen atoms in total. The van der Waals surface area contributed by atoms with Gasteiger partial charge in [-0.05, 0) is 53.9 Å². The Hall–Kier alpha value is -3.09. The Balaban J connectivity index is 1.36. The molecule has 4 aromatic rings. The summed E-state index contributed by atoms with van der Waals surface area (Å²) in [6.45, 7) is -0.267. The predicted octanol–water partition coefficient (Wildman–Crippen LogP) is 5.72. The van der Waals surface area contributed by atoms with Gasteiger partial charge in [0.2, 0.25) is 17.7 Å². The van der Waals surface area contributed by atoms with Gasteiger partial charge in [0.1, 0.15) is 17.5 Å². The van der Waals surface area contributed by atoms with E-state index in [9.17, 15) is 19.2 Å². The lowest BCUT2D eigenvalue weighted by molar-refractivity contribution is -0.122. The van der Waals surface area contributed by atoms with Gasteiger partial charge in [0.25, 0.3) is 0 Å². The highest BCUT2D eigenvalue weighted by Crippen LogP contribution is 2.54. The number of thiazole rings is 1. The van der Waals surface area contributed by atoms with Crippen molar-refractivity contribution in [2.75, 3.05) is 17.3 Å². The molecule has 204 valence electrons. The van der Waals surface area contributed by atoms with Crippen LogP contribution in [0.1, 0.15) is 15.7 Å². The highest BCUT2D eigenvalue weighted by atomic mass is 35.5. The smallest absolute Gasteiger partial charge is 0.308 e. The molecule has 2 aliphatic rings. The first kappa shape index (κ1) is 27.1. The minimum atomic E-state index is -0.757. The van der Waals surface area contributed by atoms with Crippen molar-refractivity contribution >= 4 is 86.7 Å². The van der Waals surface area contributed by atoms with Gasteiger partial charge in [-0.15, -0.1) is 11.3 Å². The fraction of sp³-hybridized carbons (Fsp3) is 0.185. The quantitative estimate of drug-likeness (QED) is 0.273. The van der Waals surface area contributed by atoms with Crippen LogP contribution in [0.5, 0.6) is 5.75 Å². The normalized spacial score (nSPS) is 19.9. The van der Waals surface area contributed by atoms with Gasteiger partial charge in [0.05, 0.1) is 33.8 Å². The van der Waals surface area contributed by atoms with Crippen LogP contribution in [-0.4, -0.2) is 34.6 Å². The molecule has 0 unspecified atom stereocenters. The standard InChI is InChI=1S/C27H19Cl2N3O5S3/c1-37-15-7-5-14(6-8-15)32-24(34)21-20(18-3-2-10-38-18)23-26(39-22(21)25(32)35)31(27(36)40-23)12-19(33)30-13-4-9-16(28)17(29)11-13/h2-11,20-22H,12H2,1H3,(H,30,33)/t20-,21-,22+/m0/s1. The van der Waals surface area contributed by atoms with Crippen LogP contribution in [0.2, 0.25) is 10.0 Å². The summed E-state index contributed by atoms with van der Waals surface area (Å²) in [5.41, 5.74) is 0.893. The van der Waals surface area contributed by atoms with Crippen molar-refractivity contribution in [3.05, 3.63) is 89.4 Å². The predicted molar refractivity (Wildman–Crippen MR) is 158 cm³/mol. The van der Waals surface area contributed by atoms with Gasteiger partial charge in [-0.1, -0.05) is 52.4 Å². The van der Waals surface area contributed by atoms with Crippen LogP contribution in [-0.2, 0) is 20.9 Å². The Morgan fingerprint density at radius 1 is 1.02 bits per heavy atom. The van der Waals surface area contributed by atoms with E-state index in [1.54, 1.807) is 43.5 Å². The van der Waals surface area contributed by atoms with E-state index in [0.29, 0.717) is 32.1 Å². The molecule has 40 heavy (non-hydrogen) atoms. The first-order chi connectivity index (χ1) is 19.3. The number of anilines is 2. The van der Waals surface area contributed by atoms with E-state index < -0.39 is 23.0 Å². The molecule has 0 radical (unpaired) electrons. The SMILES string of the molecule is COc1ccc(N2C(=O)[C@H]3[C@H](c4cccs4)c4sc(=O)n(CC(=O)Nc5ccc(Cl)c(Cl)c5)c4S[C@H]3C2=O)cc1. The molecule has 3 atom stereocenters. The summed E-state index contributed by atoms with van der Waals surface area (Å²) in [6, 6.07) is 15.2. The number of rotatable bonds is 6. The highest BCUT2D eigenvalue weighted by molar-refractivity contribution is 8.00. The highest BCUT2D eigenvalue weighted by Gasteiger charge is 2.57. The van der Waals surface area contributed by atoms with Crippen molar-refractivity contribution in [3.63, 3.8) is 0 Å². The Kier molecular flexibility index (Phi) is 7.26. The van der Waals surface area contributed by atoms with Gasteiger partial charge in [0, 0.05) is 21.4 Å². The molecule has 13 heteroatoms. The molecule has 2 aromatic heterocycles. The number of thiophene rings is 1. The number of carbonyl (C=O) groups is 3. The fourth-order valence-corrected chi connectivity index (χ4v) is 8.95. The number of aromatic nitrogens is 1. The number of amides is 3. The number of nitrogens with zero attached hydrogens (tertiary/aromatic N) is 2. The molecule has 2 aliphatic heterocycles. The van der Waals surface area contributed by atoms with Crippen LogP contribution in [0.15, 0.2) is 69.8 Å². The number of hydrogen-bond donors (Lipinski definition) is 1. The molecule has 0 bridgehead atoms. The van der Waals surface area contributed by atoms with Crippen molar-refractivity contribution in [1.29, 1.82) is 0 Å². The topological polar surface area (TPSA) is 97.7 Å². The van der Waals surface area contributed by atoms with Crippen LogP contribution in [0.3, 0.4) is 0 Å². The maximum atomic E-state index is 13.8. The molecule has 3 amide bonds. The van der Waals surface area contributed by atoms with E-state index in [1.165, 1.54) is 38.6 Å². The Bertz CT molecular complexity index is 1700. The van der Waals surface area contributed by atoms with Gasteiger partial charge < -0.3 is 10.1 Å². The van der Waals surface area contributed by atoms with Crippen LogP contribution < -0.4 is 19.8 Å². The van der Waals surface area contributed by atoms with Gasteiger partial charge >= 0.3 is 4.87 Å². The van der Waals surface area contributed by atoms with Gasteiger partial charge in [-0.3, -0.25) is 23.7 Å². The van der Waals surface area contributed by atoms with Crippen LogP contribution >= 0.6 is 57.6 Å².